The predicted molar refractivity (Wildman–Crippen MR) is 104 cm³/mol. The second-order valence-corrected chi connectivity index (χ2v) is 7.20. The fourth-order valence-electron chi connectivity index (χ4n) is 4.09. The first kappa shape index (κ1) is 17.7. The Bertz CT molecular complexity index is 830. The van der Waals surface area contributed by atoms with E-state index in [4.69, 9.17) is 0 Å². The van der Waals surface area contributed by atoms with Gasteiger partial charge >= 0.3 is 0 Å². The molecule has 1 atom stereocenters. The highest BCUT2D eigenvalue weighted by molar-refractivity contribution is 5.93. The minimum Gasteiger partial charge on any atom is -0.369 e. The number of nitrogens with zero attached hydrogens (tertiary/aromatic N) is 4. The molecule has 1 aromatic carbocycles. The van der Waals surface area contributed by atoms with E-state index in [1.165, 1.54) is 18.2 Å². The number of H-pyrrole nitrogens is 1. The molecule has 0 spiro atoms. The number of hydrogen-bond acceptors (Lipinski definition) is 5. The molecule has 4 rings (SSSR count). The first-order chi connectivity index (χ1) is 13.2. The number of piperidine rings is 1. The van der Waals surface area contributed by atoms with Crippen LogP contribution in [0.2, 0.25) is 0 Å². The van der Waals surface area contributed by atoms with E-state index in [2.05, 4.69) is 44.0 Å². The Morgan fingerprint density at radius 3 is 2.59 bits per heavy atom. The number of carbonyl (C=O) groups is 1. The van der Waals surface area contributed by atoms with Crippen molar-refractivity contribution in [1.29, 1.82) is 0 Å². The van der Waals surface area contributed by atoms with E-state index in [1.54, 1.807) is 0 Å². The third kappa shape index (κ3) is 3.88. The van der Waals surface area contributed by atoms with Gasteiger partial charge in [-0.2, -0.15) is 0 Å². The van der Waals surface area contributed by atoms with Crippen LogP contribution in [0.1, 0.15) is 23.2 Å². The highest BCUT2D eigenvalue weighted by Gasteiger charge is 2.31. The SMILES string of the molecule is O=C(c1cnc[nH]c1=O)N1CCC[C@H](N2CCN(c3ccccc3)CC2)C1. The van der Waals surface area contributed by atoms with Crippen LogP contribution in [0.25, 0.3) is 0 Å². The summed E-state index contributed by atoms with van der Waals surface area (Å²) in [6.45, 7) is 5.36. The summed E-state index contributed by atoms with van der Waals surface area (Å²) in [5, 5.41) is 0. The molecule has 0 radical (unpaired) electrons. The van der Waals surface area contributed by atoms with Crippen molar-refractivity contribution in [3.8, 4) is 0 Å². The van der Waals surface area contributed by atoms with Crippen molar-refractivity contribution < 1.29 is 4.79 Å². The van der Waals surface area contributed by atoms with E-state index < -0.39 is 0 Å². The molecule has 1 aromatic heterocycles. The highest BCUT2D eigenvalue weighted by Crippen LogP contribution is 2.21. The molecule has 1 amide bonds. The van der Waals surface area contributed by atoms with Gasteiger partial charge in [-0.1, -0.05) is 18.2 Å². The number of benzene rings is 1. The lowest BCUT2D eigenvalue weighted by atomic mass is 10.0. The monoisotopic (exact) mass is 367 g/mol. The largest absolute Gasteiger partial charge is 0.369 e. The van der Waals surface area contributed by atoms with Crippen LogP contribution in [-0.4, -0.2) is 71.0 Å². The molecular weight excluding hydrogens is 342 g/mol. The second-order valence-electron chi connectivity index (χ2n) is 7.20. The molecule has 2 aliphatic rings. The number of amides is 1. The van der Waals surface area contributed by atoms with Crippen LogP contribution in [0.3, 0.4) is 0 Å². The van der Waals surface area contributed by atoms with E-state index in [-0.39, 0.29) is 17.0 Å². The van der Waals surface area contributed by atoms with Gasteiger partial charge in [0.15, 0.2) is 0 Å². The molecule has 7 nitrogen and oxygen atoms in total. The van der Waals surface area contributed by atoms with Crippen LogP contribution in [0.4, 0.5) is 5.69 Å². The third-order valence-electron chi connectivity index (χ3n) is 5.58. The number of likely N-dealkylation sites (tertiary alicyclic amines) is 1. The van der Waals surface area contributed by atoms with Gasteiger partial charge in [0.25, 0.3) is 11.5 Å². The van der Waals surface area contributed by atoms with Crippen molar-refractivity contribution in [2.75, 3.05) is 44.2 Å². The van der Waals surface area contributed by atoms with Gasteiger partial charge in [0.1, 0.15) is 5.56 Å². The lowest BCUT2D eigenvalue weighted by Gasteiger charge is -2.43. The van der Waals surface area contributed by atoms with Crippen LogP contribution in [-0.2, 0) is 0 Å². The van der Waals surface area contributed by atoms with Crippen LogP contribution in [0, 0.1) is 0 Å². The zero-order valence-corrected chi connectivity index (χ0v) is 15.4. The molecule has 0 saturated carbocycles. The number of carbonyl (C=O) groups excluding carboxylic acids is 1. The van der Waals surface area contributed by atoms with Crippen molar-refractivity contribution >= 4 is 11.6 Å². The summed E-state index contributed by atoms with van der Waals surface area (Å²) >= 11 is 0. The molecule has 2 aliphatic heterocycles. The minimum absolute atomic E-state index is 0.132. The van der Waals surface area contributed by atoms with Crippen molar-refractivity contribution in [2.24, 2.45) is 0 Å². The van der Waals surface area contributed by atoms with Crippen LogP contribution in [0.5, 0.6) is 0 Å². The van der Waals surface area contributed by atoms with Crippen molar-refractivity contribution in [2.45, 2.75) is 18.9 Å². The Hall–Kier alpha value is -2.67. The van der Waals surface area contributed by atoms with Gasteiger partial charge in [0.05, 0.1) is 6.33 Å². The number of hydrogen-bond donors (Lipinski definition) is 1. The van der Waals surface area contributed by atoms with Gasteiger partial charge in [-0.15, -0.1) is 0 Å². The lowest BCUT2D eigenvalue weighted by molar-refractivity contribution is 0.0561. The maximum Gasteiger partial charge on any atom is 0.263 e. The van der Waals surface area contributed by atoms with E-state index in [0.717, 1.165) is 39.0 Å². The Kier molecular flexibility index (Phi) is 5.20. The number of aromatic amines is 1. The average Bonchev–Trinajstić information content (AvgIpc) is 2.74. The Morgan fingerprint density at radius 1 is 1.07 bits per heavy atom. The summed E-state index contributed by atoms with van der Waals surface area (Å²) in [6.07, 6.45) is 4.74. The number of anilines is 1. The summed E-state index contributed by atoms with van der Waals surface area (Å²) in [6, 6.07) is 10.9. The number of aromatic nitrogens is 2. The van der Waals surface area contributed by atoms with Crippen LogP contribution in [0.15, 0.2) is 47.7 Å². The normalized spacial score (nSPS) is 21.3. The average molecular weight is 367 g/mol. The topological polar surface area (TPSA) is 72.5 Å². The van der Waals surface area contributed by atoms with Crippen LogP contribution < -0.4 is 10.5 Å². The molecule has 142 valence electrons. The molecule has 0 unspecified atom stereocenters. The molecule has 0 aliphatic carbocycles. The van der Waals surface area contributed by atoms with E-state index in [9.17, 15) is 9.59 Å². The van der Waals surface area contributed by atoms with Gasteiger partial charge in [-0.3, -0.25) is 14.5 Å². The lowest BCUT2D eigenvalue weighted by Crippen LogP contribution is -2.56. The molecule has 2 aromatic rings. The van der Waals surface area contributed by atoms with E-state index in [1.807, 2.05) is 11.0 Å². The zero-order chi connectivity index (χ0) is 18.6. The fourth-order valence-corrected chi connectivity index (χ4v) is 4.09. The molecular formula is C20H25N5O2. The van der Waals surface area contributed by atoms with Crippen LogP contribution >= 0.6 is 0 Å². The number of nitrogens with one attached hydrogen (secondary N) is 1. The number of para-hydroxylation sites is 1. The summed E-state index contributed by atoms with van der Waals surface area (Å²) in [5.41, 5.74) is 1.04. The van der Waals surface area contributed by atoms with Gasteiger partial charge in [-0.05, 0) is 25.0 Å². The first-order valence-electron chi connectivity index (χ1n) is 9.58. The maximum absolute atomic E-state index is 12.7. The molecule has 3 heterocycles. The molecule has 27 heavy (non-hydrogen) atoms. The minimum atomic E-state index is -0.367. The van der Waals surface area contributed by atoms with E-state index in [0.29, 0.717) is 19.1 Å². The molecule has 1 N–H and O–H groups in total. The summed E-state index contributed by atoms with van der Waals surface area (Å²) in [4.78, 5) is 37.7. The number of piperazine rings is 1. The third-order valence-corrected chi connectivity index (χ3v) is 5.58. The summed E-state index contributed by atoms with van der Waals surface area (Å²) in [5.74, 6) is -0.211. The van der Waals surface area contributed by atoms with Gasteiger partial charge < -0.3 is 14.8 Å². The van der Waals surface area contributed by atoms with Gasteiger partial charge in [0.2, 0.25) is 0 Å². The Balaban J connectivity index is 1.37. The molecule has 2 fully saturated rings. The predicted octanol–water partition coefficient (Wildman–Crippen LogP) is 1.20. The second kappa shape index (κ2) is 7.92. The van der Waals surface area contributed by atoms with Crippen molar-refractivity contribution in [3.05, 3.63) is 58.8 Å². The Morgan fingerprint density at radius 2 is 1.85 bits per heavy atom. The van der Waals surface area contributed by atoms with Crippen molar-refractivity contribution in [3.63, 3.8) is 0 Å². The highest BCUT2D eigenvalue weighted by atomic mass is 16.2. The number of rotatable bonds is 3. The quantitative estimate of drug-likeness (QED) is 0.883. The molecule has 2 saturated heterocycles. The molecule has 7 heteroatoms. The maximum atomic E-state index is 12.7. The summed E-state index contributed by atoms with van der Waals surface area (Å²) in [7, 11) is 0. The standard InChI is InChI=1S/C20H25N5O2/c26-19-18(13-21-15-22-19)20(27)25-8-4-7-17(14-25)24-11-9-23(10-12-24)16-5-2-1-3-6-16/h1-3,5-6,13,15,17H,4,7-12,14H2,(H,21,22,26)/t17-/m0/s1. The molecule has 0 bridgehead atoms. The zero-order valence-electron chi connectivity index (χ0n) is 15.4. The van der Waals surface area contributed by atoms with Gasteiger partial charge in [0, 0.05) is 57.2 Å². The van der Waals surface area contributed by atoms with Gasteiger partial charge in [-0.25, -0.2) is 4.98 Å². The first-order valence-corrected chi connectivity index (χ1v) is 9.58. The fraction of sp³-hybridized carbons (Fsp3) is 0.450. The van der Waals surface area contributed by atoms with E-state index >= 15 is 0 Å². The smallest absolute Gasteiger partial charge is 0.263 e. The summed E-state index contributed by atoms with van der Waals surface area (Å²) < 4.78 is 0. The van der Waals surface area contributed by atoms with Crippen molar-refractivity contribution in [1.82, 2.24) is 19.8 Å². The Labute approximate surface area is 158 Å².